The first-order valence-corrected chi connectivity index (χ1v) is 6.48. The minimum absolute atomic E-state index is 0.224. The molecule has 0 aliphatic carbocycles. The number of anilines is 1. The van der Waals surface area contributed by atoms with Crippen LogP contribution in [-0.2, 0) is 0 Å². The predicted molar refractivity (Wildman–Crippen MR) is 73.9 cm³/mol. The van der Waals surface area contributed by atoms with Crippen molar-refractivity contribution in [1.29, 1.82) is 0 Å². The molecule has 1 rings (SSSR count). The Kier molecular flexibility index (Phi) is 6.21. The summed E-state index contributed by atoms with van der Waals surface area (Å²) in [7, 11) is 0. The van der Waals surface area contributed by atoms with Crippen LogP contribution < -0.4 is 5.32 Å². The van der Waals surface area contributed by atoms with E-state index >= 15 is 0 Å². The quantitative estimate of drug-likeness (QED) is 0.582. The Balaban J connectivity index is 2.60. The summed E-state index contributed by atoms with van der Waals surface area (Å²) in [5, 5.41) is 13.8. The van der Waals surface area contributed by atoms with Crippen LogP contribution in [0.15, 0.2) is 18.2 Å². The van der Waals surface area contributed by atoms with Gasteiger partial charge in [0.25, 0.3) is 5.69 Å². The number of hydrogen-bond acceptors (Lipinski definition) is 4. The van der Waals surface area contributed by atoms with E-state index in [4.69, 9.17) is 0 Å². The second-order valence-electron chi connectivity index (χ2n) is 4.28. The summed E-state index contributed by atoms with van der Waals surface area (Å²) < 4.78 is 13.0. The Bertz CT molecular complexity index is 426. The molecule has 0 aliphatic heterocycles. The van der Waals surface area contributed by atoms with Crippen LogP contribution in [0.1, 0.15) is 20.3 Å². The van der Waals surface area contributed by atoms with Crippen LogP contribution in [0, 0.1) is 15.9 Å². The van der Waals surface area contributed by atoms with E-state index in [-0.39, 0.29) is 5.69 Å². The van der Waals surface area contributed by atoms with Crippen molar-refractivity contribution < 1.29 is 9.31 Å². The van der Waals surface area contributed by atoms with Crippen molar-refractivity contribution in [3.05, 3.63) is 34.1 Å². The zero-order valence-electron chi connectivity index (χ0n) is 11.4. The molecule has 1 aromatic carbocycles. The Hall–Kier alpha value is -1.69. The molecule has 5 nitrogen and oxygen atoms in total. The van der Waals surface area contributed by atoms with Crippen molar-refractivity contribution in [2.75, 3.05) is 31.5 Å². The minimum Gasteiger partial charge on any atom is -0.378 e. The first-order valence-electron chi connectivity index (χ1n) is 6.48. The summed E-state index contributed by atoms with van der Waals surface area (Å²) in [5.41, 5.74) is 0.137. The molecule has 0 bridgehead atoms. The molecule has 0 unspecified atom stereocenters. The van der Waals surface area contributed by atoms with Crippen LogP contribution >= 0.6 is 0 Å². The van der Waals surface area contributed by atoms with Crippen LogP contribution in [0.25, 0.3) is 0 Å². The van der Waals surface area contributed by atoms with Gasteiger partial charge in [-0.3, -0.25) is 10.1 Å². The monoisotopic (exact) mass is 269 g/mol. The number of benzene rings is 1. The van der Waals surface area contributed by atoms with Crippen molar-refractivity contribution in [1.82, 2.24) is 4.90 Å². The van der Waals surface area contributed by atoms with Gasteiger partial charge in [-0.15, -0.1) is 0 Å². The minimum atomic E-state index is -0.599. The lowest BCUT2D eigenvalue weighted by molar-refractivity contribution is -0.384. The van der Waals surface area contributed by atoms with E-state index in [0.717, 1.165) is 32.1 Å². The van der Waals surface area contributed by atoms with Gasteiger partial charge < -0.3 is 10.2 Å². The van der Waals surface area contributed by atoms with Crippen molar-refractivity contribution in [3.63, 3.8) is 0 Å². The van der Waals surface area contributed by atoms with E-state index in [1.54, 1.807) is 0 Å². The molecule has 0 aromatic heterocycles. The normalized spacial score (nSPS) is 10.7. The highest BCUT2D eigenvalue weighted by Crippen LogP contribution is 2.24. The summed E-state index contributed by atoms with van der Waals surface area (Å²) in [6.45, 7) is 7.54. The molecule has 0 aliphatic rings. The smallest absolute Gasteiger partial charge is 0.295 e. The van der Waals surface area contributed by atoms with Gasteiger partial charge in [0.15, 0.2) is 0 Å². The molecule has 19 heavy (non-hydrogen) atoms. The zero-order chi connectivity index (χ0) is 14.3. The summed E-state index contributed by atoms with van der Waals surface area (Å²) in [5.74, 6) is -0.599. The summed E-state index contributed by atoms with van der Waals surface area (Å²) in [4.78, 5) is 12.5. The molecular weight excluding hydrogens is 249 g/mol. The van der Waals surface area contributed by atoms with Gasteiger partial charge in [-0.2, -0.15) is 0 Å². The average Bonchev–Trinajstić information content (AvgIpc) is 2.39. The topological polar surface area (TPSA) is 58.4 Å². The molecule has 0 saturated heterocycles. The van der Waals surface area contributed by atoms with Gasteiger partial charge in [-0.25, -0.2) is 4.39 Å². The molecule has 0 fully saturated rings. The molecule has 0 saturated carbocycles. The molecule has 1 aromatic rings. The van der Waals surface area contributed by atoms with E-state index in [1.165, 1.54) is 12.1 Å². The van der Waals surface area contributed by atoms with Crippen LogP contribution in [0.4, 0.5) is 15.8 Å². The summed E-state index contributed by atoms with van der Waals surface area (Å²) in [6, 6.07) is 3.56. The Morgan fingerprint density at radius 2 is 2.11 bits per heavy atom. The third-order valence-corrected chi connectivity index (χ3v) is 2.89. The van der Waals surface area contributed by atoms with Gasteiger partial charge in [0.2, 0.25) is 0 Å². The van der Waals surface area contributed by atoms with Gasteiger partial charge >= 0.3 is 0 Å². The van der Waals surface area contributed by atoms with E-state index in [9.17, 15) is 14.5 Å². The highest BCUT2D eigenvalue weighted by molar-refractivity contribution is 5.61. The van der Waals surface area contributed by atoms with Crippen LogP contribution in [0.2, 0.25) is 0 Å². The average molecular weight is 269 g/mol. The molecular formula is C13H20FN3O2. The SMILES string of the molecule is CCCN(CC)CCNc1ccc(F)cc1[N+](=O)[O-]. The van der Waals surface area contributed by atoms with Gasteiger partial charge in [-0.05, 0) is 31.6 Å². The number of nitro benzene ring substituents is 1. The number of rotatable bonds is 8. The lowest BCUT2D eigenvalue weighted by Crippen LogP contribution is -2.29. The van der Waals surface area contributed by atoms with Crippen molar-refractivity contribution >= 4 is 11.4 Å². The van der Waals surface area contributed by atoms with Gasteiger partial charge in [0.05, 0.1) is 11.0 Å². The first kappa shape index (κ1) is 15.4. The van der Waals surface area contributed by atoms with Crippen molar-refractivity contribution in [2.24, 2.45) is 0 Å². The molecule has 0 atom stereocenters. The van der Waals surface area contributed by atoms with Gasteiger partial charge in [-0.1, -0.05) is 13.8 Å². The standard InChI is InChI=1S/C13H20FN3O2/c1-3-8-16(4-2)9-7-15-12-6-5-11(14)10-13(12)17(18)19/h5-6,10,15H,3-4,7-9H2,1-2H3. The molecule has 0 amide bonds. The highest BCUT2D eigenvalue weighted by atomic mass is 19.1. The van der Waals surface area contributed by atoms with Crippen LogP contribution in [-0.4, -0.2) is 36.0 Å². The van der Waals surface area contributed by atoms with Gasteiger partial charge in [0.1, 0.15) is 11.5 Å². The zero-order valence-corrected chi connectivity index (χ0v) is 11.4. The molecule has 1 N–H and O–H groups in total. The van der Waals surface area contributed by atoms with Crippen LogP contribution in [0.5, 0.6) is 0 Å². The maximum Gasteiger partial charge on any atom is 0.295 e. The van der Waals surface area contributed by atoms with E-state index < -0.39 is 10.7 Å². The van der Waals surface area contributed by atoms with E-state index in [2.05, 4.69) is 24.1 Å². The first-order chi connectivity index (χ1) is 9.08. The second kappa shape index (κ2) is 7.68. The van der Waals surface area contributed by atoms with E-state index in [0.29, 0.717) is 12.2 Å². The molecule has 6 heteroatoms. The molecule has 0 heterocycles. The second-order valence-corrected chi connectivity index (χ2v) is 4.28. The number of halogens is 1. The number of nitrogens with one attached hydrogen (secondary N) is 1. The highest BCUT2D eigenvalue weighted by Gasteiger charge is 2.14. The van der Waals surface area contributed by atoms with Crippen molar-refractivity contribution in [3.8, 4) is 0 Å². The number of likely N-dealkylation sites (N-methyl/N-ethyl adjacent to an activating group) is 1. The Labute approximate surface area is 112 Å². The Morgan fingerprint density at radius 1 is 1.37 bits per heavy atom. The van der Waals surface area contributed by atoms with Crippen molar-refractivity contribution in [2.45, 2.75) is 20.3 Å². The van der Waals surface area contributed by atoms with Gasteiger partial charge in [0, 0.05) is 13.1 Å². The maximum absolute atomic E-state index is 13.0. The summed E-state index contributed by atoms with van der Waals surface area (Å²) in [6.07, 6.45) is 1.07. The number of hydrogen-bond donors (Lipinski definition) is 1. The Morgan fingerprint density at radius 3 is 2.68 bits per heavy atom. The van der Waals surface area contributed by atoms with E-state index in [1.807, 2.05) is 0 Å². The fraction of sp³-hybridized carbons (Fsp3) is 0.538. The van der Waals surface area contributed by atoms with Crippen LogP contribution in [0.3, 0.4) is 0 Å². The number of nitrogens with zero attached hydrogens (tertiary/aromatic N) is 2. The predicted octanol–water partition coefficient (Wildman–Crippen LogP) is 2.88. The fourth-order valence-electron chi connectivity index (χ4n) is 1.90. The third kappa shape index (κ3) is 4.82. The fourth-order valence-corrected chi connectivity index (χ4v) is 1.90. The molecule has 106 valence electrons. The summed E-state index contributed by atoms with van der Waals surface area (Å²) >= 11 is 0. The third-order valence-electron chi connectivity index (χ3n) is 2.89. The molecule has 0 radical (unpaired) electrons. The molecule has 0 spiro atoms. The lowest BCUT2D eigenvalue weighted by atomic mass is 10.2. The number of nitro groups is 1. The largest absolute Gasteiger partial charge is 0.378 e. The lowest BCUT2D eigenvalue weighted by Gasteiger charge is -2.19. The maximum atomic E-state index is 13.0.